The summed E-state index contributed by atoms with van der Waals surface area (Å²) < 4.78 is 1.29. The van der Waals surface area contributed by atoms with Crippen LogP contribution in [0.5, 0.6) is 0 Å². The van der Waals surface area contributed by atoms with Gasteiger partial charge in [-0.05, 0) is 23.6 Å². The summed E-state index contributed by atoms with van der Waals surface area (Å²) in [6.45, 7) is 4.44. The number of aromatic nitrogens is 3. The number of carbonyl (C=O) groups is 1. The van der Waals surface area contributed by atoms with Gasteiger partial charge in [0.15, 0.2) is 0 Å². The maximum absolute atomic E-state index is 12.9. The standard InChI is InChI=1S/C17H15N5O3S/c1-2-7-20(10-14-4-3-8-26-14)17(23)13-5-6-15(16(9-13)22(24)25)21-12-18-11-19-21/h2-6,8-9,11-12H,1,7,10H2. The highest BCUT2D eigenvalue weighted by atomic mass is 32.1. The Kier molecular flexibility index (Phi) is 5.18. The third-order valence-electron chi connectivity index (χ3n) is 3.65. The number of nitro groups is 1. The van der Waals surface area contributed by atoms with E-state index < -0.39 is 4.92 Å². The van der Waals surface area contributed by atoms with Gasteiger partial charge in [-0.25, -0.2) is 9.67 Å². The second kappa shape index (κ2) is 7.70. The molecule has 0 saturated carbocycles. The summed E-state index contributed by atoms with van der Waals surface area (Å²) in [5.41, 5.74) is 0.271. The maximum Gasteiger partial charge on any atom is 0.295 e. The van der Waals surface area contributed by atoms with Crippen molar-refractivity contribution in [2.24, 2.45) is 0 Å². The van der Waals surface area contributed by atoms with Gasteiger partial charge in [-0.1, -0.05) is 12.1 Å². The number of nitro benzene ring substituents is 1. The van der Waals surface area contributed by atoms with Crippen molar-refractivity contribution < 1.29 is 9.72 Å². The molecule has 1 aromatic carbocycles. The van der Waals surface area contributed by atoms with Gasteiger partial charge in [0.2, 0.25) is 0 Å². The van der Waals surface area contributed by atoms with Crippen molar-refractivity contribution in [2.75, 3.05) is 6.54 Å². The second-order valence-electron chi connectivity index (χ2n) is 5.35. The van der Waals surface area contributed by atoms with E-state index in [1.807, 2.05) is 17.5 Å². The lowest BCUT2D eigenvalue weighted by Gasteiger charge is -2.20. The molecular weight excluding hydrogens is 354 g/mol. The van der Waals surface area contributed by atoms with E-state index in [9.17, 15) is 14.9 Å². The van der Waals surface area contributed by atoms with E-state index in [1.54, 1.807) is 28.4 Å². The molecule has 0 atom stereocenters. The summed E-state index contributed by atoms with van der Waals surface area (Å²) in [6, 6.07) is 8.16. The van der Waals surface area contributed by atoms with E-state index >= 15 is 0 Å². The molecule has 9 heteroatoms. The Morgan fingerprint density at radius 1 is 1.42 bits per heavy atom. The number of nitrogens with zero attached hydrogens (tertiary/aromatic N) is 5. The lowest BCUT2D eigenvalue weighted by Crippen LogP contribution is -2.30. The molecule has 0 aliphatic carbocycles. The van der Waals surface area contributed by atoms with E-state index in [1.165, 1.54) is 29.5 Å². The molecule has 0 bridgehead atoms. The van der Waals surface area contributed by atoms with Crippen molar-refractivity contribution in [3.63, 3.8) is 0 Å². The molecule has 26 heavy (non-hydrogen) atoms. The lowest BCUT2D eigenvalue weighted by atomic mass is 10.1. The molecule has 3 aromatic rings. The quantitative estimate of drug-likeness (QED) is 0.362. The highest BCUT2D eigenvalue weighted by molar-refractivity contribution is 7.09. The number of thiophene rings is 1. The van der Waals surface area contributed by atoms with Gasteiger partial charge in [0.05, 0.1) is 11.5 Å². The molecule has 8 nitrogen and oxygen atoms in total. The normalized spacial score (nSPS) is 10.5. The number of amides is 1. The van der Waals surface area contributed by atoms with E-state index in [-0.39, 0.29) is 22.8 Å². The van der Waals surface area contributed by atoms with E-state index in [0.717, 1.165) is 4.88 Å². The molecule has 1 amide bonds. The number of benzene rings is 1. The molecule has 0 radical (unpaired) electrons. The maximum atomic E-state index is 12.9. The fraction of sp³-hybridized carbons (Fsp3) is 0.118. The third-order valence-corrected chi connectivity index (χ3v) is 4.51. The molecule has 2 heterocycles. The molecule has 0 aliphatic heterocycles. The second-order valence-corrected chi connectivity index (χ2v) is 6.39. The summed E-state index contributed by atoms with van der Waals surface area (Å²) in [5, 5.41) is 17.3. The average molecular weight is 369 g/mol. The molecule has 0 unspecified atom stereocenters. The van der Waals surface area contributed by atoms with E-state index in [4.69, 9.17) is 0 Å². The predicted octanol–water partition coefficient (Wildman–Crippen LogP) is 3.07. The highest BCUT2D eigenvalue weighted by Gasteiger charge is 2.22. The van der Waals surface area contributed by atoms with Crippen molar-refractivity contribution in [2.45, 2.75) is 6.54 Å². The highest BCUT2D eigenvalue weighted by Crippen LogP contribution is 2.25. The van der Waals surface area contributed by atoms with Crippen LogP contribution in [0.15, 0.2) is 61.0 Å². The van der Waals surface area contributed by atoms with Crippen LogP contribution in [0.4, 0.5) is 5.69 Å². The molecule has 0 saturated heterocycles. The van der Waals surface area contributed by atoms with Gasteiger partial charge in [-0.15, -0.1) is 17.9 Å². The zero-order valence-corrected chi connectivity index (χ0v) is 14.5. The van der Waals surface area contributed by atoms with Crippen molar-refractivity contribution in [1.29, 1.82) is 0 Å². The van der Waals surface area contributed by atoms with E-state index in [2.05, 4.69) is 16.7 Å². The van der Waals surface area contributed by atoms with Crippen LogP contribution in [0.25, 0.3) is 5.69 Å². The molecule has 0 aliphatic rings. The molecule has 132 valence electrons. The lowest BCUT2D eigenvalue weighted by molar-refractivity contribution is -0.384. The van der Waals surface area contributed by atoms with Crippen LogP contribution in [0.3, 0.4) is 0 Å². The topological polar surface area (TPSA) is 94.2 Å². The monoisotopic (exact) mass is 369 g/mol. The number of hydrogen-bond acceptors (Lipinski definition) is 6. The largest absolute Gasteiger partial charge is 0.330 e. The van der Waals surface area contributed by atoms with Crippen LogP contribution in [0.2, 0.25) is 0 Å². The Morgan fingerprint density at radius 2 is 2.27 bits per heavy atom. The summed E-state index contributed by atoms with van der Waals surface area (Å²) in [6.07, 6.45) is 4.28. The summed E-state index contributed by atoms with van der Waals surface area (Å²) >= 11 is 1.54. The zero-order valence-electron chi connectivity index (χ0n) is 13.7. The van der Waals surface area contributed by atoms with Gasteiger partial charge in [0.25, 0.3) is 11.6 Å². The molecular formula is C17H15N5O3S. The van der Waals surface area contributed by atoms with Crippen molar-refractivity contribution >= 4 is 22.9 Å². The van der Waals surface area contributed by atoms with Gasteiger partial charge in [0, 0.05) is 23.1 Å². The Labute approximate surface area is 153 Å². The van der Waals surface area contributed by atoms with Crippen LogP contribution in [-0.2, 0) is 6.54 Å². The average Bonchev–Trinajstić information content (AvgIpc) is 3.34. The minimum Gasteiger partial charge on any atom is -0.330 e. The zero-order chi connectivity index (χ0) is 18.5. The molecule has 0 spiro atoms. The van der Waals surface area contributed by atoms with Crippen molar-refractivity contribution in [3.8, 4) is 5.69 Å². The molecule has 3 rings (SSSR count). The van der Waals surface area contributed by atoms with Crippen molar-refractivity contribution in [1.82, 2.24) is 19.7 Å². The Balaban J connectivity index is 1.94. The van der Waals surface area contributed by atoms with Crippen LogP contribution >= 0.6 is 11.3 Å². The third kappa shape index (κ3) is 3.67. The predicted molar refractivity (Wildman–Crippen MR) is 97.3 cm³/mol. The molecule has 2 aromatic heterocycles. The first-order valence-corrected chi connectivity index (χ1v) is 8.54. The summed E-state index contributed by atoms with van der Waals surface area (Å²) in [7, 11) is 0. The fourth-order valence-electron chi connectivity index (χ4n) is 2.48. The van der Waals surface area contributed by atoms with Gasteiger partial charge in [0.1, 0.15) is 18.3 Å². The van der Waals surface area contributed by atoms with Gasteiger partial charge in [-0.2, -0.15) is 5.10 Å². The summed E-state index contributed by atoms with van der Waals surface area (Å²) in [5.74, 6) is -0.299. The first-order valence-electron chi connectivity index (χ1n) is 7.66. The van der Waals surface area contributed by atoms with Crippen LogP contribution in [-0.4, -0.2) is 37.0 Å². The van der Waals surface area contributed by atoms with Gasteiger partial charge >= 0.3 is 0 Å². The number of hydrogen-bond donors (Lipinski definition) is 0. The summed E-state index contributed by atoms with van der Waals surface area (Å²) in [4.78, 5) is 30.2. The first kappa shape index (κ1) is 17.5. The van der Waals surface area contributed by atoms with Crippen LogP contribution in [0, 0.1) is 10.1 Å². The molecule has 0 N–H and O–H groups in total. The van der Waals surface area contributed by atoms with E-state index in [0.29, 0.717) is 13.1 Å². The molecule has 0 fully saturated rings. The SMILES string of the molecule is C=CCN(Cc1cccs1)C(=O)c1ccc(-n2cncn2)c([N+](=O)[O-])c1. The fourth-order valence-corrected chi connectivity index (χ4v) is 3.20. The number of rotatable bonds is 7. The minimum atomic E-state index is -0.537. The van der Waals surface area contributed by atoms with Gasteiger partial charge in [-0.3, -0.25) is 14.9 Å². The number of carbonyl (C=O) groups excluding carboxylic acids is 1. The van der Waals surface area contributed by atoms with Crippen LogP contribution < -0.4 is 0 Å². The van der Waals surface area contributed by atoms with Crippen LogP contribution in [0.1, 0.15) is 15.2 Å². The Bertz CT molecular complexity index is 922. The van der Waals surface area contributed by atoms with Crippen molar-refractivity contribution in [3.05, 3.63) is 81.6 Å². The first-order chi connectivity index (χ1) is 12.6. The van der Waals surface area contributed by atoms with Gasteiger partial charge < -0.3 is 4.90 Å². The Hall–Kier alpha value is -3.33. The smallest absolute Gasteiger partial charge is 0.295 e. The Morgan fingerprint density at radius 3 is 2.88 bits per heavy atom. The minimum absolute atomic E-state index is 0.212.